The highest BCUT2D eigenvalue weighted by molar-refractivity contribution is 7.58. The van der Waals surface area contributed by atoms with E-state index in [0.29, 0.717) is 0 Å². The molecule has 1 aromatic rings. The van der Waals surface area contributed by atoms with Gasteiger partial charge in [-0.1, -0.05) is 4.90 Å². The molecule has 5 heteroatoms. The van der Waals surface area contributed by atoms with Crippen molar-refractivity contribution < 1.29 is 17.6 Å². The van der Waals surface area contributed by atoms with E-state index >= 15 is 0 Å². The molecule has 0 N–H and O–H groups in total. The Kier molecular flexibility index (Phi) is 2.23. The zero-order chi connectivity index (χ0) is 9.46. The third-order valence-corrected chi connectivity index (χ3v) is 1.80. The van der Waals surface area contributed by atoms with Gasteiger partial charge in [0.15, 0.2) is 11.6 Å². The van der Waals surface area contributed by atoms with Gasteiger partial charge in [0.25, 0.3) is 0 Å². The molecule has 0 aliphatic heterocycles. The summed E-state index contributed by atoms with van der Waals surface area (Å²) in [5.41, 5.74) is -0.696. The number of hydrogen-bond donors (Lipinski definition) is 0. The van der Waals surface area contributed by atoms with E-state index in [9.17, 15) is 17.6 Å². The van der Waals surface area contributed by atoms with Crippen molar-refractivity contribution >= 4 is 12.6 Å². The lowest BCUT2D eigenvalue weighted by Crippen LogP contribution is -2.01. The van der Waals surface area contributed by atoms with Gasteiger partial charge in [-0.25, -0.2) is 17.6 Å². The minimum Gasteiger partial charge on any atom is -0.774 e. The molecule has 12 heavy (non-hydrogen) atoms. The van der Waals surface area contributed by atoms with Gasteiger partial charge < -0.3 is 12.6 Å². The van der Waals surface area contributed by atoms with Gasteiger partial charge in [0.2, 0.25) is 0 Å². The van der Waals surface area contributed by atoms with Crippen LogP contribution in [0.25, 0.3) is 0 Å². The summed E-state index contributed by atoms with van der Waals surface area (Å²) < 4.78 is 50.3. The first kappa shape index (κ1) is 9.25. The zero-order valence-corrected chi connectivity index (χ0v) is 6.74. The smallest absolute Gasteiger partial charge is 0.163 e. The minimum atomic E-state index is -1.51. The van der Waals surface area contributed by atoms with Crippen molar-refractivity contribution in [3.63, 3.8) is 0 Å². The summed E-state index contributed by atoms with van der Waals surface area (Å²) in [7, 11) is 0. The molecule has 0 saturated heterocycles. The Balaban J connectivity index is 3.60. The highest BCUT2D eigenvalue weighted by Gasteiger charge is 2.15. The quantitative estimate of drug-likeness (QED) is 0.348. The molecule has 66 valence electrons. The van der Waals surface area contributed by atoms with Crippen LogP contribution in [-0.4, -0.2) is 0 Å². The average molecular weight is 195 g/mol. The molecule has 1 rings (SSSR count). The molecule has 0 fully saturated rings. The minimum absolute atomic E-state index is 0.696. The van der Waals surface area contributed by atoms with Gasteiger partial charge in [-0.2, -0.15) is 0 Å². The highest BCUT2D eigenvalue weighted by Crippen LogP contribution is 2.22. The Morgan fingerprint density at radius 2 is 1.17 bits per heavy atom. The van der Waals surface area contributed by atoms with Crippen molar-refractivity contribution in [3.8, 4) is 0 Å². The molecular formula is C7H3F4S-. The molecule has 0 heterocycles. The van der Waals surface area contributed by atoms with Crippen LogP contribution >= 0.6 is 0 Å². The number of rotatable bonds is 0. The second kappa shape index (κ2) is 2.90. The van der Waals surface area contributed by atoms with Crippen LogP contribution in [0.1, 0.15) is 5.56 Å². The molecular weight excluding hydrogens is 192 g/mol. The number of hydrogen-bond acceptors (Lipinski definition) is 1. The fourth-order valence-electron chi connectivity index (χ4n) is 0.721. The van der Waals surface area contributed by atoms with Crippen molar-refractivity contribution in [2.45, 2.75) is 11.8 Å². The van der Waals surface area contributed by atoms with Crippen molar-refractivity contribution in [1.82, 2.24) is 0 Å². The van der Waals surface area contributed by atoms with E-state index in [4.69, 9.17) is 0 Å². The molecule has 0 saturated carbocycles. The molecule has 0 nitrogen and oxygen atoms in total. The Hall–Kier alpha value is -0.840. The van der Waals surface area contributed by atoms with Gasteiger partial charge in [0.05, 0.1) is 0 Å². The zero-order valence-electron chi connectivity index (χ0n) is 5.92. The molecule has 0 amide bonds. The molecule has 0 radical (unpaired) electrons. The maximum atomic E-state index is 12.6. The van der Waals surface area contributed by atoms with Gasteiger partial charge in [-0.3, -0.25) is 0 Å². The maximum absolute atomic E-state index is 12.6. The second-order valence-corrected chi connectivity index (χ2v) is 2.62. The third kappa shape index (κ3) is 1.14. The van der Waals surface area contributed by atoms with E-state index in [-0.39, 0.29) is 0 Å². The fourth-order valence-corrected chi connectivity index (χ4v) is 0.901. The predicted octanol–water partition coefficient (Wildman–Crippen LogP) is 2.46. The molecule has 1 aromatic carbocycles. The van der Waals surface area contributed by atoms with Crippen molar-refractivity contribution in [2.24, 2.45) is 0 Å². The van der Waals surface area contributed by atoms with Crippen LogP contribution in [0.15, 0.2) is 4.90 Å². The fraction of sp³-hybridized carbons (Fsp3) is 0.143. The van der Waals surface area contributed by atoms with Gasteiger partial charge in [-0.15, -0.1) is 0 Å². The SMILES string of the molecule is Cc1c(F)c(F)c([S-])c(F)c1F. The lowest BCUT2D eigenvalue weighted by molar-refractivity contribution is 0.418. The Bertz CT molecular complexity index is 230. The number of halogens is 4. The van der Waals surface area contributed by atoms with Crippen LogP contribution in [0, 0.1) is 30.2 Å². The van der Waals surface area contributed by atoms with Crippen LogP contribution in [-0.2, 0) is 12.6 Å². The van der Waals surface area contributed by atoms with E-state index in [1.54, 1.807) is 0 Å². The van der Waals surface area contributed by atoms with E-state index in [1.807, 2.05) is 0 Å². The summed E-state index contributed by atoms with van der Waals surface area (Å²) in [6.45, 7) is 0.936. The normalized spacial score (nSPS) is 10.4. The van der Waals surface area contributed by atoms with Crippen LogP contribution < -0.4 is 0 Å². The lowest BCUT2D eigenvalue weighted by Gasteiger charge is -2.12. The Morgan fingerprint density at radius 3 is 1.50 bits per heavy atom. The van der Waals surface area contributed by atoms with E-state index in [1.165, 1.54) is 0 Å². The van der Waals surface area contributed by atoms with E-state index in [0.717, 1.165) is 6.92 Å². The second-order valence-electron chi connectivity index (χ2n) is 2.21. The molecule has 0 bridgehead atoms. The van der Waals surface area contributed by atoms with Crippen molar-refractivity contribution in [3.05, 3.63) is 28.8 Å². The van der Waals surface area contributed by atoms with Crippen LogP contribution in [0.5, 0.6) is 0 Å². The van der Waals surface area contributed by atoms with Gasteiger partial charge in [0.1, 0.15) is 11.6 Å². The highest BCUT2D eigenvalue weighted by atomic mass is 32.1. The molecule has 0 spiro atoms. The van der Waals surface area contributed by atoms with Gasteiger partial charge >= 0.3 is 0 Å². The molecule has 0 aromatic heterocycles. The van der Waals surface area contributed by atoms with Crippen LogP contribution in [0.3, 0.4) is 0 Å². The third-order valence-electron chi connectivity index (χ3n) is 1.44. The summed E-state index contributed by atoms with van der Waals surface area (Å²) in [5.74, 6) is -5.89. The Labute approximate surface area is 71.6 Å². The topological polar surface area (TPSA) is 0 Å². The monoisotopic (exact) mass is 195 g/mol. The maximum Gasteiger partial charge on any atom is 0.163 e. The largest absolute Gasteiger partial charge is 0.774 e. The van der Waals surface area contributed by atoms with Crippen LogP contribution in [0.2, 0.25) is 0 Å². The van der Waals surface area contributed by atoms with Crippen LogP contribution in [0.4, 0.5) is 17.6 Å². The average Bonchev–Trinajstić information content (AvgIpc) is 2.08. The van der Waals surface area contributed by atoms with Gasteiger partial charge in [0, 0.05) is 5.56 Å². The van der Waals surface area contributed by atoms with E-state index < -0.39 is 33.7 Å². The Morgan fingerprint density at radius 1 is 0.833 bits per heavy atom. The number of benzene rings is 1. The molecule has 0 unspecified atom stereocenters. The molecule has 0 atom stereocenters. The molecule has 0 aliphatic carbocycles. The summed E-state index contributed by atoms with van der Waals surface area (Å²) in [4.78, 5) is -1.05. The lowest BCUT2D eigenvalue weighted by atomic mass is 10.2. The first-order valence-corrected chi connectivity index (χ1v) is 3.37. The summed E-state index contributed by atoms with van der Waals surface area (Å²) >= 11 is 4.10. The first-order chi connectivity index (χ1) is 5.46. The van der Waals surface area contributed by atoms with Gasteiger partial charge in [-0.05, 0) is 6.92 Å². The van der Waals surface area contributed by atoms with Crippen molar-refractivity contribution in [1.29, 1.82) is 0 Å². The molecule has 0 aliphatic rings. The summed E-state index contributed by atoms with van der Waals surface area (Å²) in [5, 5.41) is 0. The summed E-state index contributed by atoms with van der Waals surface area (Å²) in [6, 6.07) is 0. The predicted molar refractivity (Wildman–Crippen MR) is 36.6 cm³/mol. The van der Waals surface area contributed by atoms with Crippen molar-refractivity contribution in [2.75, 3.05) is 0 Å². The first-order valence-electron chi connectivity index (χ1n) is 2.96. The summed E-state index contributed by atoms with van der Waals surface area (Å²) in [6.07, 6.45) is 0. The van der Waals surface area contributed by atoms with E-state index in [2.05, 4.69) is 12.6 Å². The standard InChI is InChI=1S/C7H4F4S/c1-2-3(8)5(10)7(12)6(11)4(2)9/h12H,1H3/p-1.